The topological polar surface area (TPSA) is 68.2 Å². The van der Waals surface area contributed by atoms with Gasteiger partial charge in [-0.15, -0.1) is 0 Å². The van der Waals surface area contributed by atoms with E-state index in [0.717, 1.165) is 29.4 Å². The SMILES string of the molecule is Cc1cccc(CN(C)Cc2cc(CN)no2)n1. The minimum Gasteiger partial charge on any atom is -0.360 e. The van der Waals surface area contributed by atoms with E-state index in [-0.39, 0.29) is 0 Å². The molecular formula is C13H18N4O. The zero-order valence-corrected chi connectivity index (χ0v) is 10.8. The molecule has 0 saturated carbocycles. The van der Waals surface area contributed by atoms with Gasteiger partial charge in [0.05, 0.1) is 17.9 Å². The van der Waals surface area contributed by atoms with Crippen molar-refractivity contribution < 1.29 is 4.52 Å². The third-order valence-electron chi connectivity index (χ3n) is 2.62. The Kier molecular flexibility index (Phi) is 4.07. The van der Waals surface area contributed by atoms with Crippen molar-refractivity contribution in [3.63, 3.8) is 0 Å². The van der Waals surface area contributed by atoms with Crippen molar-refractivity contribution >= 4 is 0 Å². The molecule has 0 aliphatic heterocycles. The molecule has 96 valence electrons. The summed E-state index contributed by atoms with van der Waals surface area (Å²) in [6, 6.07) is 7.93. The van der Waals surface area contributed by atoms with E-state index in [1.165, 1.54) is 0 Å². The van der Waals surface area contributed by atoms with Crippen LogP contribution in [0.25, 0.3) is 0 Å². The molecule has 2 N–H and O–H groups in total. The Morgan fingerprint density at radius 2 is 2.11 bits per heavy atom. The molecule has 0 aliphatic carbocycles. The van der Waals surface area contributed by atoms with Crippen molar-refractivity contribution in [2.75, 3.05) is 7.05 Å². The number of rotatable bonds is 5. The Bertz CT molecular complexity index is 509. The van der Waals surface area contributed by atoms with Crippen LogP contribution in [0.3, 0.4) is 0 Å². The Balaban J connectivity index is 1.94. The average molecular weight is 246 g/mol. The van der Waals surface area contributed by atoms with Crippen molar-refractivity contribution in [2.24, 2.45) is 5.73 Å². The van der Waals surface area contributed by atoms with Crippen LogP contribution in [0.1, 0.15) is 22.8 Å². The fraction of sp³-hybridized carbons (Fsp3) is 0.385. The van der Waals surface area contributed by atoms with Crippen molar-refractivity contribution in [3.8, 4) is 0 Å². The van der Waals surface area contributed by atoms with Gasteiger partial charge in [-0.05, 0) is 26.1 Å². The number of aromatic nitrogens is 2. The minimum absolute atomic E-state index is 0.409. The largest absolute Gasteiger partial charge is 0.360 e. The maximum absolute atomic E-state index is 5.49. The first-order valence-corrected chi connectivity index (χ1v) is 5.93. The van der Waals surface area contributed by atoms with Crippen LogP contribution >= 0.6 is 0 Å². The van der Waals surface area contributed by atoms with Crippen LogP contribution in [0.15, 0.2) is 28.8 Å². The molecule has 0 atom stereocenters. The van der Waals surface area contributed by atoms with Gasteiger partial charge in [0.2, 0.25) is 0 Å². The first-order chi connectivity index (χ1) is 8.67. The predicted octanol–water partition coefficient (Wildman–Crippen LogP) is 1.47. The van der Waals surface area contributed by atoms with E-state index in [4.69, 9.17) is 10.3 Å². The Morgan fingerprint density at radius 3 is 2.78 bits per heavy atom. The van der Waals surface area contributed by atoms with Gasteiger partial charge in [-0.3, -0.25) is 9.88 Å². The lowest BCUT2D eigenvalue weighted by atomic mass is 10.3. The van der Waals surface area contributed by atoms with Crippen molar-refractivity contribution in [1.82, 2.24) is 15.0 Å². The Labute approximate surface area is 107 Å². The van der Waals surface area contributed by atoms with E-state index < -0.39 is 0 Å². The van der Waals surface area contributed by atoms with Gasteiger partial charge < -0.3 is 10.3 Å². The molecule has 2 aromatic rings. The predicted molar refractivity (Wildman–Crippen MR) is 68.5 cm³/mol. The first kappa shape index (κ1) is 12.7. The minimum atomic E-state index is 0.409. The molecule has 0 aromatic carbocycles. The zero-order valence-electron chi connectivity index (χ0n) is 10.8. The standard InChI is InChI=1S/C13H18N4O/c1-10-4-3-5-11(15-10)8-17(2)9-13-6-12(7-14)16-18-13/h3-6H,7-9,14H2,1-2H3. The van der Waals surface area contributed by atoms with Crippen molar-refractivity contribution in [1.29, 1.82) is 0 Å². The number of pyridine rings is 1. The third kappa shape index (κ3) is 3.38. The third-order valence-corrected chi connectivity index (χ3v) is 2.62. The molecule has 5 heteroatoms. The monoisotopic (exact) mass is 246 g/mol. The molecule has 2 aromatic heterocycles. The normalized spacial score (nSPS) is 11.1. The van der Waals surface area contributed by atoms with Crippen molar-refractivity contribution in [3.05, 3.63) is 47.1 Å². The summed E-state index contributed by atoms with van der Waals surface area (Å²) in [7, 11) is 2.02. The van der Waals surface area contributed by atoms with Crippen LogP contribution in [0.5, 0.6) is 0 Å². The average Bonchev–Trinajstić information content (AvgIpc) is 2.76. The van der Waals surface area contributed by atoms with Gasteiger partial charge in [0.1, 0.15) is 0 Å². The van der Waals surface area contributed by atoms with Gasteiger partial charge in [0.15, 0.2) is 5.76 Å². The van der Waals surface area contributed by atoms with Crippen LogP contribution in [-0.2, 0) is 19.6 Å². The number of aryl methyl sites for hydroxylation is 1. The number of hydrogen-bond donors (Lipinski definition) is 1. The summed E-state index contributed by atoms with van der Waals surface area (Å²) >= 11 is 0. The van der Waals surface area contributed by atoms with Gasteiger partial charge in [0.25, 0.3) is 0 Å². The smallest absolute Gasteiger partial charge is 0.151 e. The number of hydrogen-bond acceptors (Lipinski definition) is 5. The first-order valence-electron chi connectivity index (χ1n) is 5.93. The molecule has 2 heterocycles. The fourth-order valence-corrected chi connectivity index (χ4v) is 1.81. The summed E-state index contributed by atoms with van der Waals surface area (Å²) < 4.78 is 5.20. The summed E-state index contributed by atoms with van der Waals surface area (Å²) in [6.45, 7) is 3.88. The summed E-state index contributed by atoms with van der Waals surface area (Å²) in [5.41, 5.74) is 8.36. The van der Waals surface area contributed by atoms with E-state index in [2.05, 4.69) is 15.0 Å². The quantitative estimate of drug-likeness (QED) is 0.865. The second-order valence-electron chi connectivity index (χ2n) is 4.43. The molecule has 0 radical (unpaired) electrons. The van der Waals surface area contributed by atoms with Gasteiger partial charge in [-0.1, -0.05) is 11.2 Å². The Morgan fingerprint density at radius 1 is 1.28 bits per heavy atom. The molecule has 0 fully saturated rings. The summed E-state index contributed by atoms with van der Waals surface area (Å²) in [5.74, 6) is 0.825. The lowest BCUT2D eigenvalue weighted by Crippen LogP contribution is -2.17. The highest BCUT2D eigenvalue weighted by atomic mass is 16.5. The molecular weight excluding hydrogens is 228 g/mol. The van der Waals surface area contributed by atoms with Crippen LogP contribution in [0.4, 0.5) is 0 Å². The fourth-order valence-electron chi connectivity index (χ4n) is 1.81. The van der Waals surface area contributed by atoms with Crippen molar-refractivity contribution in [2.45, 2.75) is 26.6 Å². The van der Waals surface area contributed by atoms with E-state index >= 15 is 0 Å². The molecule has 18 heavy (non-hydrogen) atoms. The molecule has 5 nitrogen and oxygen atoms in total. The lowest BCUT2D eigenvalue weighted by molar-refractivity contribution is 0.263. The molecule has 0 unspecified atom stereocenters. The molecule has 0 spiro atoms. The lowest BCUT2D eigenvalue weighted by Gasteiger charge is -2.14. The Hall–Kier alpha value is -1.72. The highest BCUT2D eigenvalue weighted by Crippen LogP contribution is 2.08. The molecule has 0 amide bonds. The van der Waals surface area contributed by atoms with E-state index in [0.29, 0.717) is 13.1 Å². The molecule has 0 bridgehead atoms. The van der Waals surface area contributed by atoms with Crippen LogP contribution in [0, 0.1) is 6.92 Å². The second kappa shape index (κ2) is 5.75. The molecule has 2 rings (SSSR count). The highest BCUT2D eigenvalue weighted by molar-refractivity contribution is 5.10. The second-order valence-corrected chi connectivity index (χ2v) is 4.43. The maximum atomic E-state index is 5.49. The van der Waals surface area contributed by atoms with Crippen LogP contribution in [0.2, 0.25) is 0 Å². The van der Waals surface area contributed by atoms with Gasteiger partial charge in [-0.25, -0.2) is 0 Å². The zero-order chi connectivity index (χ0) is 13.0. The highest BCUT2D eigenvalue weighted by Gasteiger charge is 2.07. The van der Waals surface area contributed by atoms with Crippen LogP contribution in [-0.4, -0.2) is 22.1 Å². The summed E-state index contributed by atoms with van der Waals surface area (Å²) in [4.78, 5) is 6.60. The van der Waals surface area contributed by atoms with Gasteiger partial charge >= 0.3 is 0 Å². The van der Waals surface area contributed by atoms with E-state index in [1.54, 1.807) is 0 Å². The van der Waals surface area contributed by atoms with Gasteiger partial charge in [-0.2, -0.15) is 0 Å². The number of nitrogens with zero attached hydrogens (tertiary/aromatic N) is 3. The summed E-state index contributed by atoms with van der Waals surface area (Å²) in [5, 5.41) is 3.87. The summed E-state index contributed by atoms with van der Waals surface area (Å²) in [6.07, 6.45) is 0. The van der Waals surface area contributed by atoms with E-state index in [1.807, 2.05) is 38.2 Å². The molecule has 0 saturated heterocycles. The van der Waals surface area contributed by atoms with E-state index in [9.17, 15) is 0 Å². The number of nitrogens with two attached hydrogens (primary N) is 1. The maximum Gasteiger partial charge on any atom is 0.151 e. The van der Waals surface area contributed by atoms with Crippen LogP contribution < -0.4 is 5.73 Å². The molecule has 0 aliphatic rings. The van der Waals surface area contributed by atoms with Gasteiger partial charge in [0, 0.05) is 24.8 Å².